The molecule has 46 valence electrons. The van der Waals surface area contributed by atoms with Crippen LogP contribution in [0.4, 0.5) is 0 Å². The summed E-state index contributed by atoms with van der Waals surface area (Å²) in [7, 11) is 0. The SMILES string of the molecule is [CH2-]CC.[CH2-]CC.[Ce].[Zr+2]. The van der Waals surface area contributed by atoms with Crippen molar-refractivity contribution in [2.45, 2.75) is 26.7 Å². The third kappa shape index (κ3) is 85.2. The molecule has 2 heteroatoms. The van der Waals surface area contributed by atoms with Crippen LogP contribution in [0.25, 0.3) is 0 Å². The molecule has 0 aliphatic rings. The van der Waals surface area contributed by atoms with Gasteiger partial charge in [0.15, 0.2) is 0 Å². The van der Waals surface area contributed by atoms with Gasteiger partial charge in [0.25, 0.3) is 0 Å². The fraction of sp³-hybridized carbons (Fsp3) is 0.667. The Morgan fingerprint density at radius 2 is 1.00 bits per heavy atom. The molecule has 0 atom stereocenters. The van der Waals surface area contributed by atoms with Crippen molar-refractivity contribution in [1.82, 2.24) is 0 Å². The van der Waals surface area contributed by atoms with Gasteiger partial charge in [-0.2, -0.15) is 12.8 Å². The van der Waals surface area contributed by atoms with Gasteiger partial charge < -0.3 is 13.8 Å². The first-order valence-corrected chi connectivity index (χ1v) is 2.41. The summed E-state index contributed by atoms with van der Waals surface area (Å²) in [5, 5.41) is 0. The summed E-state index contributed by atoms with van der Waals surface area (Å²) in [5.41, 5.74) is 0. The van der Waals surface area contributed by atoms with E-state index in [0.29, 0.717) is 0 Å². The van der Waals surface area contributed by atoms with E-state index >= 15 is 0 Å². The third-order valence-corrected chi connectivity index (χ3v) is 0. The average Bonchev–Trinajstić information content (AvgIpc) is 1.39. The van der Waals surface area contributed by atoms with Crippen LogP contribution in [-0.4, -0.2) is 0 Å². The summed E-state index contributed by atoms with van der Waals surface area (Å²) in [6.45, 7) is 11.0. The van der Waals surface area contributed by atoms with Gasteiger partial charge in [0.2, 0.25) is 0 Å². The second kappa shape index (κ2) is 34.8. The molecule has 0 fully saturated rings. The molecule has 0 aliphatic heterocycles. The topological polar surface area (TPSA) is 0 Å². The predicted molar refractivity (Wildman–Crippen MR) is 31.3 cm³/mol. The van der Waals surface area contributed by atoms with Crippen molar-refractivity contribution in [3.63, 3.8) is 0 Å². The van der Waals surface area contributed by atoms with Crippen LogP contribution >= 0.6 is 0 Å². The van der Waals surface area contributed by atoms with E-state index in [1.165, 1.54) is 0 Å². The summed E-state index contributed by atoms with van der Waals surface area (Å²) in [6, 6.07) is 0. The van der Waals surface area contributed by atoms with Gasteiger partial charge in [-0.05, 0) is 0 Å². The fourth-order valence-electron chi connectivity index (χ4n) is 0. The fourth-order valence-corrected chi connectivity index (χ4v) is 0. The Balaban J connectivity index is -0.0000000160. The van der Waals surface area contributed by atoms with Crippen LogP contribution in [0.2, 0.25) is 0 Å². The summed E-state index contributed by atoms with van der Waals surface area (Å²) in [6.07, 6.45) is 2.00. The second-order valence-electron chi connectivity index (χ2n) is 1.000. The molecule has 0 aromatic carbocycles. The molecular formula is C6H14CeZr. The van der Waals surface area contributed by atoms with Gasteiger partial charge in [0.1, 0.15) is 0 Å². The van der Waals surface area contributed by atoms with Crippen molar-refractivity contribution in [2.75, 3.05) is 0 Å². The molecule has 0 N–H and O–H groups in total. The van der Waals surface area contributed by atoms with E-state index in [9.17, 15) is 0 Å². The molecule has 0 bridgehead atoms. The number of hydrogen-bond acceptors (Lipinski definition) is 0. The average molecular weight is 318 g/mol. The van der Waals surface area contributed by atoms with Gasteiger partial charge in [0, 0.05) is 41.7 Å². The Morgan fingerprint density at radius 3 is 1.00 bits per heavy atom. The van der Waals surface area contributed by atoms with Crippen LogP contribution in [0.5, 0.6) is 0 Å². The molecule has 0 amide bonds. The predicted octanol–water partition coefficient (Wildman–Crippen LogP) is 2.46. The minimum absolute atomic E-state index is 0. The van der Waals surface area contributed by atoms with E-state index in [1.54, 1.807) is 0 Å². The maximum absolute atomic E-state index is 3.49. The Morgan fingerprint density at radius 1 is 1.00 bits per heavy atom. The van der Waals surface area contributed by atoms with Crippen molar-refractivity contribution < 1.29 is 68.0 Å². The molecule has 0 aromatic heterocycles. The summed E-state index contributed by atoms with van der Waals surface area (Å²) in [4.78, 5) is 0. The summed E-state index contributed by atoms with van der Waals surface area (Å²) >= 11 is 0. The largest absolute Gasteiger partial charge is 2.00 e. The van der Waals surface area contributed by atoms with E-state index in [0.717, 1.165) is 12.8 Å². The quantitative estimate of drug-likeness (QED) is 0.602. The Labute approximate surface area is 107 Å². The van der Waals surface area contributed by atoms with Crippen molar-refractivity contribution >= 4 is 0 Å². The molecule has 0 rings (SSSR count). The Kier molecular flexibility index (Phi) is 97.7. The van der Waals surface area contributed by atoms with Crippen LogP contribution in [0, 0.1) is 55.6 Å². The van der Waals surface area contributed by atoms with Gasteiger partial charge in [0.05, 0.1) is 0 Å². The molecule has 0 aliphatic carbocycles. The first-order valence-electron chi connectivity index (χ1n) is 2.41. The molecule has 0 saturated carbocycles. The monoisotopic (exact) mass is 316 g/mol. The smallest absolute Gasteiger partial charge is 0.344 e. The molecule has 0 spiro atoms. The maximum Gasteiger partial charge on any atom is 2.00 e. The molecule has 0 heterocycles. The van der Waals surface area contributed by atoms with Crippen molar-refractivity contribution in [1.29, 1.82) is 0 Å². The minimum atomic E-state index is 0. The summed E-state index contributed by atoms with van der Waals surface area (Å²) in [5.74, 6) is 0. The molecule has 0 radical (unpaired) electrons. The van der Waals surface area contributed by atoms with E-state index < -0.39 is 0 Å². The van der Waals surface area contributed by atoms with E-state index in [1.807, 2.05) is 13.8 Å². The molecule has 0 aromatic rings. The van der Waals surface area contributed by atoms with Crippen molar-refractivity contribution in [2.24, 2.45) is 0 Å². The molecular weight excluding hydrogens is 303 g/mol. The molecule has 0 saturated heterocycles. The van der Waals surface area contributed by atoms with Crippen LogP contribution in [0.15, 0.2) is 0 Å². The van der Waals surface area contributed by atoms with Gasteiger partial charge >= 0.3 is 26.2 Å². The third-order valence-electron chi connectivity index (χ3n) is 0. The number of rotatable bonds is 0. The van der Waals surface area contributed by atoms with E-state index in [2.05, 4.69) is 13.8 Å². The van der Waals surface area contributed by atoms with Crippen LogP contribution in [0.1, 0.15) is 26.7 Å². The number of hydrogen-bond donors (Lipinski definition) is 0. The van der Waals surface area contributed by atoms with E-state index in [-0.39, 0.29) is 68.0 Å². The van der Waals surface area contributed by atoms with Gasteiger partial charge in [-0.3, -0.25) is 0 Å². The van der Waals surface area contributed by atoms with Crippen LogP contribution in [-0.2, 0) is 26.2 Å². The standard InChI is InChI=1S/2C3H7.Ce.Zr/c2*1-3-2;;/h2*1,3H2,2H3;;/q2*-1;;+2. The zero-order chi connectivity index (χ0) is 5.41. The van der Waals surface area contributed by atoms with Crippen LogP contribution in [0.3, 0.4) is 0 Å². The van der Waals surface area contributed by atoms with Crippen LogP contribution < -0.4 is 0 Å². The molecule has 8 heavy (non-hydrogen) atoms. The first kappa shape index (κ1) is 22.5. The zero-order valence-corrected chi connectivity index (χ0v) is 11.4. The Hall–Kier alpha value is 2.26. The van der Waals surface area contributed by atoms with Crippen molar-refractivity contribution in [3.05, 3.63) is 13.8 Å². The second-order valence-corrected chi connectivity index (χ2v) is 1.000. The summed E-state index contributed by atoms with van der Waals surface area (Å²) < 4.78 is 0. The Bertz CT molecular complexity index is 10.5. The van der Waals surface area contributed by atoms with Gasteiger partial charge in [-0.25, -0.2) is 0 Å². The first-order chi connectivity index (χ1) is 2.83. The van der Waals surface area contributed by atoms with Gasteiger partial charge in [-0.15, -0.1) is 0 Å². The van der Waals surface area contributed by atoms with Gasteiger partial charge in [-0.1, -0.05) is 13.8 Å². The van der Waals surface area contributed by atoms with E-state index in [4.69, 9.17) is 0 Å². The maximum atomic E-state index is 3.49. The minimum Gasteiger partial charge on any atom is -0.344 e. The normalized spacial score (nSPS) is 4.50. The van der Waals surface area contributed by atoms with Crippen molar-refractivity contribution in [3.8, 4) is 0 Å². The zero-order valence-electron chi connectivity index (χ0n) is 5.83. The molecule has 0 unspecified atom stereocenters. The molecule has 0 nitrogen and oxygen atoms in total.